The van der Waals surface area contributed by atoms with Gasteiger partial charge < -0.3 is 10.5 Å². The largest absolute Gasteiger partial charge is 0.496 e. The van der Waals surface area contributed by atoms with Gasteiger partial charge in [0, 0.05) is 40.7 Å². The van der Waals surface area contributed by atoms with E-state index in [2.05, 4.69) is 11.9 Å². The van der Waals surface area contributed by atoms with Gasteiger partial charge in [0.15, 0.2) is 0 Å². The third-order valence-corrected chi connectivity index (χ3v) is 5.42. The molecule has 2 rings (SSSR count). The van der Waals surface area contributed by atoms with Crippen LogP contribution in [0.1, 0.15) is 29.7 Å². The summed E-state index contributed by atoms with van der Waals surface area (Å²) >= 11 is 2.01. The highest BCUT2D eigenvalue weighted by Gasteiger charge is 2.34. The Kier molecular flexibility index (Phi) is 4.17. The van der Waals surface area contributed by atoms with Gasteiger partial charge >= 0.3 is 0 Å². The van der Waals surface area contributed by atoms with Gasteiger partial charge in [-0.2, -0.15) is 11.8 Å². The molecule has 100 valence electrons. The molecule has 0 aliphatic carbocycles. The van der Waals surface area contributed by atoms with Crippen LogP contribution in [-0.2, 0) is 6.42 Å². The summed E-state index contributed by atoms with van der Waals surface area (Å²) in [6, 6.07) is 0. The van der Waals surface area contributed by atoms with Crippen LogP contribution in [0.2, 0.25) is 0 Å². The van der Waals surface area contributed by atoms with E-state index < -0.39 is 0 Å². The zero-order chi connectivity index (χ0) is 13.2. The zero-order valence-corrected chi connectivity index (χ0v) is 12.3. The maximum Gasteiger partial charge on any atom is 0.128 e. The van der Waals surface area contributed by atoms with Crippen molar-refractivity contribution in [1.29, 1.82) is 0 Å². The van der Waals surface area contributed by atoms with Crippen LogP contribution in [0.15, 0.2) is 6.20 Å². The maximum absolute atomic E-state index is 5.99. The molecule has 1 atom stereocenters. The monoisotopic (exact) mass is 266 g/mol. The lowest BCUT2D eigenvalue weighted by molar-refractivity contribution is 0.406. The second-order valence-corrected chi connectivity index (χ2v) is 6.63. The second kappa shape index (κ2) is 5.49. The number of rotatable bonds is 4. The van der Waals surface area contributed by atoms with Gasteiger partial charge in [0.1, 0.15) is 5.75 Å². The van der Waals surface area contributed by atoms with Crippen molar-refractivity contribution in [3.63, 3.8) is 0 Å². The number of nitrogens with zero attached hydrogens (tertiary/aromatic N) is 1. The number of ether oxygens (including phenoxy) is 1. The van der Waals surface area contributed by atoms with E-state index in [4.69, 9.17) is 10.5 Å². The molecule has 3 nitrogen and oxygen atoms in total. The van der Waals surface area contributed by atoms with E-state index in [1.807, 2.05) is 24.9 Å². The van der Waals surface area contributed by atoms with E-state index in [0.717, 1.165) is 35.5 Å². The second-order valence-electron chi connectivity index (χ2n) is 5.06. The van der Waals surface area contributed by atoms with Crippen molar-refractivity contribution < 1.29 is 4.74 Å². The van der Waals surface area contributed by atoms with Crippen molar-refractivity contribution in [2.75, 3.05) is 19.4 Å². The molecule has 0 amide bonds. The summed E-state index contributed by atoms with van der Waals surface area (Å²) in [5.74, 6) is 2.19. The highest BCUT2D eigenvalue weighted by atomic mass is 32.2. The van der Waals surface area contributed by atoms with Crippen molar-refractivity contribution in [1.82, 2.24) is 4.98 Å². The van der Waals surface area contributed by atoms with Crippen LogP contribution >= 0.6 is 11.8 Å². The van der Waals surface area contributed by atoms with Crippen LogP contribution in [0.3, 0.4) is 0 Å². The summed E-state index contributed by atoms with van der Waals surface area (Å²) < 4.78 is 5.66. The van der Waals surface area contributed by atoms with Gasteiger partial charge in [-0.25, -0.2) is 0 Å². The Morgan fingerprint density at radius 3 is 2.83 bits per heavy atom. The summed E-state index contributed by atoms with van der Waals surface area (Å²) in [6.07, 6.45) is 5.33. The molecule has 0 saturated carbocycles. The van der Waals surface area contributed by atoms with Crippen molar-refractivity contribution in [2.24, 2.45) is 5.73 Å². The summed E-state index contributed by atoms with van der Waals surface area (Å²) in [5, 5.41) is 0. The molecular weight excluding hydrogens is 244 g/mol. The lowest BCUT2D eigenvalue weighted by atomic mass is 9.94. The third-order valence-electron chi connectivity index (χ3n) is 3.80. The molecule has 0 aromatic carbocycles. The van der Waals surface area contributed by atoms with Crippen molar-refractivity contribution >= 4 is 11.8 Å². The molecule has 4 heteroatoms. The molecule has 1 aliphatic rings. The van der Waals surface area contributed by atoms with Gasteiger partial charge in [0.2, 0.25) is 0 Å². The van der Waals surface area contributed by atoms with E-state index in [-0.39, 0.29) is 4.75 Å². The fourth-order valence-corrected chi connectivity index (χ4v) is 4.05. The number of aryl methyl sites for hydroxylation is 1. The predicted octanol–water partition coefficient (Wildman–Crippen LogP) is 2.47. The molecule has 0 radical (unpaired) electrons. The standard InChI is InChI=1S/C14H22N2OS/c1-10-8-16-12(11(2)13(10)17-3)7-14(9-15)5-4-6-18-14/h8H,4-7,9,15H2,1-3H3. The Balaban J connectivity index is 2.29. The zero-order valence-electron chi connectivity index (χ0n) is 11.5. The maximum atomic E-state index is 5.99. The lowest BCUT2D eigenvalue weighted by Crippen LogP contribution is -2.34. The van der Waals surface area contributed by atoms with Gasteiger partial charge in [-0.1, -0.05) is 0 Å². The van der Waals surface area contributed by atoms with Gasteiger partial charge in [-0.3, -0.25) is 4.98 Å². The Morgan fingerprint density at radius 2 is 2.28 bits per heavy atom. The van der Waals surface area contributed by atoms with E-state index in [1.54, 1.807) is 7.11 Å². The quantitative estimate of drug-likeness (QED) is 0.909. The Bertz CT molecular complexity index is 428. The fourth-order valence-electron chi connectivity index (χ4n) is 2.68. The summed E-state index contributed by atoms with van der Waals surface area (Å²) in [7, 11) is 1.72. The highest BCUT2D eigenvalue weighted by molar-refractivity contribution is 8.00. The van der Waals surface area contributed by atoms with E-state index in [1.165, 1.54) is 18.6 Å². The Labute approximate surface area is 114 Å². The number of pyridine rings is 1. The van der Waals surface area contributed by atoms with Crippen molar-refractivity contribution in [3.05, 3.63) is 23.0 Å². The number of aromatic nitrogens is 1. The number of hydrogen-bond donors (Lipinski definition) is 1. The first-order valence-electron chi connectivity index (χ1n) is 6.45. The van der Waals surface area contributed by atoms with Gasteiger partial charge in [-0.15, -0.1) is 0 Å². The van der Waals surface area contributed by atoms with Crippen LogP contribution < -0.4 is 10.5 Å². The Hall–Kier alpha value is -0.740. The minimum Gasteiger partial charge on any atom is -0.496 e. The van der Waals surface area contributed by atoms with Crippen molar-refractivity contribution in [3.8, 4) is 5.75 Å². The normalized spacial score (nSPS) is 23.3. The molecule has 1 aromatic heterocycles. The third kappa shape index (κ3) is 2.50. The van der Waals surface area contributed by atoms with E-state index in [0.29, 0.717) is 0 Å². The topological polar surface area (TPSA) is 48.1 Å². The highest BCUT2D eigenvalue weighted by Crippen LogP contribution is 2.40. The van der Waals surface area contributed by atoms with Crippen LogP contribution in [0.4, 0.5) is 0 Å². The molecule has 1 unspecified atom stereocenters. The van der Waals surface area contributed by atoms with Gasteiger partial charge in [0.05, 0.1) is 7.11 Å². The summed E-state index contributed by atoms with van der Waals surface area (Å²) in [4.78, 5) is 4.59. The molecule has 0 bridgehead atoms. The number of hydrogen-bond acceptors (Lipinski definition) is 4. The number of methoxy groups -OCH3 is 1. The molecule has 1 fully saturated rings. The van der Waals surface area contributed by atoms with E-state index >= 15 is 0 Å². The first-order chi connectivity index (χ1) is 8.62. The predicted molar refractivity (Wildman–Crippen MR) is 77.4 cm³/mol. The van der Waals surface area contributed by atoms with Crippen LogP contribution in [-0.4, -0.2) is 29.1 Å². The fraction of sp³-hybridized carbons (Fsp3) is 0.643. The van der Waals surface area contributed by atoms with Crippen molar-refractivity contribution in [2.45, 2.75) is 37.9 Å². The van der Waals surface area contributed by atoms with Gasteiger partial charge in [-0.05, 0) is 32.4 Å². The number of thioether (sulfide) groups is 1. The number of nitrogens with two attached hydrogens (primary N) is 1. The first-order valence-corrected chi connectivity index (χ1v) is 7.43. The molecule has 2 heterocycles. The van der Waals surface area contributed by atoms with Crippen LogP contribution in [0.5, 0.6) is 5.75 Å². The van der Waals surface area contributed by atoms with Crippen LogP contribution in [0.25, 0.3) is 0 Å². The van der Waals surface area contributed by atoms with E-state index in [9.17, 15) is 0 Å². The molecule has 1 saturated heterocycles. The summed E-state index contributed by atoms with van der Waals surface area (Å²) in [5.41, 5.74) is 9.39. The lowest BCUT2D eigenvalue weighted by Gasteiger charge is -2.27. The minimum absolute atomic E-state index is 0.192. The average Bonchev–Trinajstić information content (AvgIpc) is 2.83. The van der Waals surface area contributed by atoms with Crippen LogP contribution in [0, 0.1) is 13.8 Å². The molecular formula is C14H22N2OS. The Morgan fingerprint density at radius 1 is 1.50 bits per heavy atom. The minimum atomic E-state index is 0.192. The molecule has 2 N–H and O–H groups in total. The summed E-state index contributed by atoms with van der Waals surface area (Å²) in [6.45, 7) is 4.86. The smallest absolute Gasteiger partial charge is 0.128 e. The SMILES string of the molecule is COc1c(C)cnc(CC2(CN)CCCS2)c1C. The molecule has 18 heavy (non-hydrogen) atoms. The van der Waals surface area contributed by atoms with Gasteiger partial charge in [0.25, 0.3) is 0 Å². The first kappa shape index (κ1) is 13.7. The average molecular weight is 266 g/mol. The molecule has 1 aliphatic heterocycles. The molecule has 0 spiro atoms. The molecule has 1 aromatic rings.